The molecule has 2 aromatic heterocycles. The van der Waals surface area contributed by atoms with Crippen LogP contribution in [0.1, 0.15) is 22.3 Å². The molecule has 0 spiro atoms. The van der Waals surface area contributed by atoms with Crippen molar-refractivity contribution < 1.29 is 4.42 Å². The zero-order chi connectivity index (χ0) is 35.6. The second-order valence-electron chi connectivity index (χ2n) is 13.9. The summed E-state index contributed by atoms with van der Waals surface area (Å²) in [4.78, 5) is 14.9. The second kappa shape index (κ2) is 11.9. The van der Waals surface area contributed by atoms with Crippen LogP contribution in [0.3, 0.4) is 0 Å². The first kappa shape index (κ1) is 30.5. The predicted molar refractivity (Wildman–Crippen MR) is 218 cm³/mol. The van der Waals surface area contributed by atoms with Gasteiger partial charge in [0, 0.05) is 27.5 Å². The largest absolute Gasteiger partial charge is 0.456 e. The Morgan fingerprint density at radius 2 is 1.00 bits per heavy atom. The smallest absolute Gasteiger partial charge is 0.164 e. The number of rotatable bonds is 5. The van der Waals surface area contributed by atoms with Crippen LogP contribution in [0, 0.1) is 0 Å². The molecular weight excluding hydrogens is 659 g/mol. The van der Waals surface area contributed by atoms with Crippen LogP contribution in [0.2, 0.25) is 0 Å². The highest BCUT2D eigenvalue weighted by Crippen LogP contribution is 2.58. The molecule has 1 unspecified atom stereocenters. The fourth-order valence-corrected chi connectivity index (χ4v) is 8.61. The minimum atomic E-state index is -0.540. The Balaban J connectivity index is 1.11. The Kier molecular flexibility index (Phi) is 6.73. The van der Waals surface area contributed by atoms with Gasteiger partial charge in [0.1, 0.15) is 11.2 Å². The minimum Gasteiger partial charge on any atom is -0.456 e. The monoisotopic (exact) mass is 689 g/mol. The highest BCUT2D eigenvalue weighted by molar-refractivity contribution is 6.08. The summed E-state index contributed by atoms with van der Waals surface area (Å²) in [6, 6.07) is 66.3. The zero-order valence-electron chi connectivity index (χ0n) is 29.1. The molecule has 0 amide bonds. The predicted octanol–water partition coefficient (Wildman–Crippen LogP) is 12.3. The van der Waals surface area contributed by atoms with Crippen molar-refractivity contribution in [3.8, 4) is 45.3 Å². The number of fused-ring (bicyclic) bond motifs is 8. The van der Waals surface area contributed by atoms with Crippen molar-refractivity contribution >= 4 is 32.7 Å². The average Bonchev–Trinajstić information content (AvgIpc) is 3.77. The SMILES string of the molecule is c1ccc(-c2nc(-c3ccccc3)nc(-c3ccc4oc5cc(C6(c7ccccc7)c7ccccc7-c7c6ccc6ccccc76)ccc5c4c3)n2)cc1. The first-order chi connectivity index (χ1) is 26.8. The maximum atomic E-state index is 6.70. The maximum absolute atomic E-state index is 6.70. The third-order valence-electron chi connectivity index (χ3n) is 11.0. The summed E-state index contributed by atoms with van der Waals surface area (Å²) >= 11 is 0. The average molecular weight is 690 g/mol. The van der Waals surface area contributed by atoms with Crippen LogP contribution < -0.4 is 0 Å². The summed E-state index contributed by atoms with van der Waals surface area (Å²) in [6.45, 7) is 0. The Morgan fingerprint density at radius 3 is 1.74 bits per heavy atom. The van der Waals surface area contributed by atoms with Gasteiger partial charge in [-0.3, -0.25) is 0 Å². The summed E-state index contributed by atoms with van der Waals surface area (Å²) in [5.41, 5.74) is 11.4. The number of hydrogen-bond donors (Lipinski definition) is 0. The van der Waals surface area contributed by atoms with Gasteiger partial charge in [-0.25, -0.2) is 15.0 Å². The highest BCUT2D eigenvalue weighted by atomic mass is 16.3. The molecule has 0 saturated carbocycles. The van der Waals surface area contributed by atoms with E-state index in [1.165, 1.54) is 44.2 Å². The first-order valence-electron chi connectivity index (χ1n) is 18.3. The van der Waals surface area contributed by atoms with Crippen molar-refractivity contribution in [1.82, 2.24) is 15.0 Å². The van der Waals surface area contributed by atoms with Gasteiger partial charge < -0.3 is 4.42 Å². The van der Waals surface area contributed by atoms with Gasteiger partial charge in [-0.05, 0) is 68.4 Å². The van der Waals surface area contributed by atoms with Crippen molar-refractivity contribution in [2.45, 2.75) is 5.41 Å². The van der Waals surface area contributed by atoms with E-state index in [1.807, 2.05) is 72.8 Å². The number of benzene rings is 8. The summed E-state index contributed by atoms with van der Waals surface area (Å²) in [5, 5.41) is 4.57. The fraction of sp³-hybridized carbons (Fsp3) is 0.0200. The molecule has 4 heteroatoms. The molecule has 0 aliphatic heterocycles. The fourth-order valence-electron chi connectivity index (χ4n) is 8.61. The van der Waals surface area contributed by atoms with E-state index < -0.39 is 5.41 Å². The maximum Gasteiger partial charge on any atom is 0.164 e. The van der Waals surface area contributed by atoms with Gasteiger partial charge in [0.25, 0.3) is 0 Å². The molecule has 1 atom stereocenters. The standard InChI is InChI=1S/C50H31N3O/c1-4-15-33(16-5-1)47-51-48(34-17-6-2-7-18-34)53-49(52-47)35-25-29-44-41(30-35)39-27-26-37(31-45(39)54-44)50(36-19-8-3-9-20-36)42-23-13-12-22-40(42)46-38-21-11-10-14-32(38)24-28-43(46)50/h1-31H. The van der Waals surface area contributed by atoms with Crippen molar-refractivity contribution in [2.75, 3.05) is 0 Å². The van der Waals surface area contributed by atoms with Crippen LogP contribution in [0.15, 0.2) is 192 Å². The summed E-state index contributed by atoms with van der Waals surface area (Å²) in [6.07, 6.45) is 0. The van der Waals surface area contributed by atoms with Crippen molar-refractivity contribution in [3.63, 3.8) is 0 Å². The molecule has 10 aromatic rings. The number of nitrogens with zero attached hydrogens (tertiary/aromatic N) is 3. The van der Waals surface area contributed by atoms with E-state index in [0.29, 0.717) is 17.5 Å². The first-order valence-corrected chi connectivity index (χ1v) is 18.3. The molecule has 1 aliphatic rings. The zero-order valence-corrected chi connectivity index (χ0v) is 29.1. The lowest BCUT2D eigenvalue weighted by Crippen LogP contribution is -2.28. The molecule has 0 saturated heterocycles. The summed E-state index contributed by atoms with van der Waals surface area (Å²) in [5.74, 6) is 1.89. The molecule has 8 aromatic carbocycles. The van der Waals surface area contributed by atoms with E-state index in [0.717, 1.165) is 38.6 Å². The molecule has 0 bridgehead atoms. The highest BCUT2D eigenvalue weighted by Gasteiger charge is 2.46. The van der Waals surface area contributed by atoms with Crippen LogP contribution in [-0.4, -0.2) is 15.0 Å². The molecule has 0 fully saturated rings. The molecular formula is C50H31N3O. The number of furan rings is 1. The lowest BCUT2D eigenvalue weighted by Gasteiger charge is -2.33. The van der Waals surface area contributed by atoms with E-state index in [2.05, 4.69) is 115 Å². The minimum absolute atomic E-state index is 0.540. The molecule has 252 valence electrons. The molecule has 2 heterocycles. The Bertz CT molecular complexity index is 2990. The molecule has 4 nitrogen and oxygen atoms in total. The molecule has 0 radical (unpaired) electrons. The van der Waals surface area contributed by atoms with Crippen LogP contribution in [0.5, 0.6) is 0 Å². The topological polar surface area (TPSA) is 51.8 Å². The number of hydrogen-bond acceptors (Lipinski definition) is 4. The van der Waals surface area contributed by atoms with Gasteiger partial charge in [0.05, 0.1) is 5.41 Å². The number of aromatic nitrogens is 3. The van der Waals surface area contributed by atoms with Gasteiger partial charge in [-0.15, -0.1) is 0 Å². The Labute approximate surface area is 312 Å². The van der Waals surface area contributed by atoms with E-state index in [1.54, 1.807) is 0 Å². The normalized spacial score (nSPS) is 14.7. The molecule has 11 rings (SSSR count). The van der Waals surface area contributed by atoms with Crippen LogP contribution in [0.4, 0.5) is 0 Å². The van der Waals surface area contributed by atoms with E-state index in [9.17, 15) is 0 Å². The third-order valence-corrected chi connectivity index (χ3v) is 11.0. The van der Waals surface area contributed by atoms with Crippen molar-refractivity contribution in [1.29, 1.82) is 0 Å². The van der Waals surface area contributed by atoms with E-state index in [-0.39, 0.29) is 0 Å². The lowest BCUT2D eigenvalue weighted by atomic mass is 9.67. The lowest BCUT2D eigenvalue weighted by molar-refractivity contribution is 0.665. The molecule has 0 N–H and O–H groups in total. The molecule has 1 aliphatic carbocycles. The Hall–Kier alpha value is -7.17. The van der Waals surface area contributed by atoms with Crippen LogP contribution in [-0.2, 0) is 5.41 Å². The van der Waals surface area contributed by atoms with Gasteiger partial charge >= 0.3 is 0 Å². The second-order valence-corrected chi connectivity index (χ2v) is 13.9. The third kappa shape index (κ3) is 4.53. The summed E-state index contributed by atoms with van der Waals surface area (Å²) in [7, 11) is 0. The van der Waals surface area contributed by atoms with Crippen LogP contribution in [0.25, 0.3) is 78.0 Å². The van der Waals surface area contributed by atoms with Crippen molar-refractivity contribution in [2.24, 2.45) is 0 Å². The van der Waals surface area contributed by atoms with E-state index in [4.69, 9.17) is 19.4 Å². The van der Waals surface area contributed by atoms with Crippen molar-refractivity contribution in [3.05, 3.63) is 210 Å². The summed E-state index contributed by atoms with van der Waals surface area (Å²) < 4.78 is 6.70. The molecule has 54 heavy (non-hydrogen) atoms. The quantitative estimate of drug-likeness (QED) is 0.180. The Morgan fingerprint density at radius 1 is 0.370 bits per heavy atom. The van der Waals surface area contributed by atoms with E-state index >= 15 is 0 Å². The van der Waals surface area contributed by atoms with Gasteiger partial charge in [0.15, 0.2) is 17.5 Å². The van der Waals surface area contributed by atoms with Gasteiger partial charge in [-0.1, -0.05) is 164 Å². The van der Waals surface area contributed by atoms with Gasteiger partial charge in [-0.2, -0.15) is 0 Å². The van der Waals surface area contributed by atoms with Gasteiger partial charge in [0.2, 0.25) is 0 Å². The van der Waals surface area contributed by atoms with Crippen LogP contribution >= 0.6 is 0 Å².